The van der Waals surface area contributed by atoms with Crippen LogP contribution in [0, 0.1) is 6.92 Å². The van der Waals surface area contributed by atoms with Crippen molar-refractivity contribution in [1.29, 1.82) is 0 Å². The third-order valence-electron chi connectivity index (χ3n) is 3.88. The molecule has 0 bridgehead atoms. The molecule has 1 saturated heterocycles. The molecule has 5 nitrogen and oxygen atoms in total. The molecule has 0 N–H and O–H groups in total. The highest BCUT2D eigenvalue weighted by atomic mass is 32.1. The maximum atomic E-state index is 12.6. The van der Waals surface area contributed by atoms with Gasteiger partial charge in [0.15, 0.2) is 0 Å². The highest BCUT2D eigenvalue weighted by molar-refractivity contribution is 7.09. The number of aryl methyl sites for hydroxylation is 1. The molecule has 3 heterocycles. The average molecular weight is 317 g/mol. The van der Waals surface area contributed by atoms with Gasteiger partial charge in [0.25, 0.3) is 5.91 Å². The van der Waals surface area contributed by atoms with Crippen LogP contribution in [0.15, 0.2) is 23.7 Å². The first-order chi connectivity index (χ1) is 10.7. The lowest BCUT2D eigenvalue weighted by Crippen LogP contribution is -2.39. The first-order valence-electron chi connectivity index (χ1n) is 7.38. The molecule has 1 unspecified atom stereocenters. The Labute approximate surface area is 134 Å². The Bertz CT molecular complexity index is 671. The summed E-state index contributed by atoms with van der Waals surface area (Å²) >= 11 is 1.69. The number of hydrogen-bond acceptors (Lipinski definition) is 5. The lowest BCUT2D eigenvalue weighted by atomic mass is 9.98. The normalized spacial score (nSPS) is 18.3. The summed E-state index contributed by atoms with van der Waals surface area (Å²) in [5.41, 5.74) is 1.49. The third-order valence-corrected chi connectivity index (χ3v) is 5.01. The van der Waals surface area contributed by atoms with Crippen LogP contribution in [-0.2, 0) is 0 Å². The Balaban J connectivity index is 1.75. The van der Waals surface area contributed by atoms with Gasteiger partial charge in [-0.15, -0.1) is 11.3 Å². The van der Waals surface area contributed by atoms with Crippen molar-refractivity contribution in [2.24, 2.45) is 0 Å². The SMILES string of the molecule is COc1ccnc(C(=O)N2CCCC(c3nc(C)cs3)C2)c1. The van der Waals surface area contributed by atoms with Gasteiger partial charge in [0.1, 0.15) is 11.4 Å². The summed E-state index contributed by atoms with van der Waals surface area (Å²) in [5, 5.41) is 3.20. The number of likely N-dealkylation sites (tertiary alicyclic amines) is 1. The zero-order valence-corrected chi connectivity index (χ0v) is 13.6. The number of thiazole rings is 1. The molecular weight excluding hydrogens is 298 g/mol. The van der Waals surface area contributed by atoms with Crippen LogP contribution in [0.25, 0.3) is 0 Å². The molecule has 3 rings (SSSR count). The number of piperidine rings is 1. The van der Waals surface area contributed by atoms with Gasteiger partial charge in [0.2, 0.25) is 0 Å². The van der Waals surface area contributed by atoms with Gasteiger partial charge >= 0.3 is 0 Å². The van der Waals surface area contributed by atoms with Gasteiger partial charge in [-0.2, -0.15) is 0 Å². The van der Waals surface area contributed by atoms with Crippen molar-refractivity contribution in [1.82, 2.24) is 14.9 Å². The monoisotopic (exact) mass is 317 g/mol. The minimum absolute atomic E-state index is 0.0307. The predicted molar refractivity (Wildman–Crippen MR) is 85.5 cm³/mol. The molecule has 0 saturated carbocycles. The van der Waals surface area contributed by atoms with Crippen LogP contribution < -0.4 is 4.74 Å². The first kappa shape index (κ1) is 15.0. The molecular formula is C16H19N3O2S. The van der Waals surface area contributed by atoms with Gasteiger partial charge in [-0.3, -0.25) is 9.78 Å². The second-order valence-corrected chi connectivity index (χ2v) is 6.39. The van der Waals surface area contributed by atoms with Crippen molar-refractivity contribution in [2.45, 2.75) is 25.7 Å². The molecule has 22 heavy (non-hydrogen) atoms. The number of ether oxygens (including phenoxy) is 1. The fourth-order valence-corrected chi connectivity index (χ4v) is 3.67. The summed E-state index contributed by atoms with van der Waals surface area (Å²) < 4.78 is 5.17. The van der Waals surface area contributed by atoms with E-state index in [4.69, 9.17) is 4.74 Å². The molecule has 1 fully saturated rings. The van der Waals surface area contributed by atoms with E-state index in [0.29, 0.717) is 23.9 Å². The van der Waals surface area contributed by atoms with Gasteiger partial charge in [-0.25, -0.2) is 4.98 Å². The number of pyridine rings is 1. The Morgan fingerprint density at radius 3 is 3.09 bits per heavy atom. The zero-order chi connectivity index (χ0) is 15.5. The van der Waals surface area contributed by atoms with Crippen molar-refractivity contribution in [3.63, 3.8) is 0 Å². The Kier molecular flexibility index (Phi) is 4.38. The number of nitrogens with zero attached hydrogens (tertiary/aromatic N) is 3. The molecule has 0 aromatic carbocycles. The van der Waals surface area contributed by atoms with Gasteiger partial charge < -0.3 is 9.64 Å². The molecule has 2 aromatic heterocycles. The second-order valence-electron chi connectivity index (χ2n) is 5.50. The number of carbonyl (C=O) groups excluding carboxylic acids is 1. The highest BCUT2D eigenvalue weighted by Crippen LogP contribution is 2.29. The standard InChI is InChI=1S/C16H19N3O2S/c1-11-10-22-15(18-11)12-4-3-7-19(9-12)16(20)14-8-13(21-2)5-6-17-14/h5-6,8,10,12H,3-4,7,9H2,1-2H3. The van der Waals surface area contributed by atoms with E-state index in [9.17, 15) is 4.79 Å². The van der Waals surface area contributed by atoms with Crippen LogP contribution in [0.3, 0.4) is 0 Å². The third kappa shape index (κ3) is 3.11. The number of methoxy groups -OCH3 is 1. The van der Waals surface area contributed by atoms with Gasteiger partial charge in [0, 0.05) is 42.3 Å². The van der Waals surface area contributed by atoms with Gasteiger partial charge in [0.05, 0.1) is 12.1 Å². The Morgan fingerprint density at radius 2 is 2.36 bits per heavy atom. The molecule has 1 aliphatic rings. The maximum Gasteiger partial charge on any atom is 0.272 e. The maximum absolute atomic E-state index is 12.6. The molecule has 1 atom stereocenters. The molecule has 6 heteroatoms. The number of carbonyl (C=O) groups is 1. The summed E-state index contributed by atoms with van der Waals surface area (Å²) in [6.45, 7) is 3.50. The molecule has 1 amide bonds. The van der Waals surface area contributed by atoms with Crippen molar-refractivity contribution < 1.29 is 9.53 Å². The molecule has 0 spiro atoms. The smallest absolute Gasteiger partial charge is 0.272 e. The van der Waals surface area contributed by atoms with E-state index < -0.39 is 0 Å². The van der Waals surface area contributed by atoms with Crippen molar-refractivity contribution in [3.05, 3.63) is 40.1 Å². The van der Waals surface area contributed by atoms with Crippen molar-refractivity contribution in [3.8, 4) is 5.75 Å². The van der Waals surface area contributed by atoms with Crippen LogP contribution in [0.4, 0.5) is 0 Å². The van der Waals surface area contributed by atoms with Crippen LogP contribution in [-0.4, -0.2) is 41.0 Å². The van der Waals surface area contributed by atoms with E-state index in [-0.39, 0.29) is 5.91 Å². The zero-order valence-electron chi connectivity index (χ0n) is 12.8. The molecule has 1 aliphatic heterocycles. The predicted octanol–water partition coefficient (Wildman–Crippen LogP) is 2.87. The van der Waals surface area contributed by atoms with Crippen molar-refractivity contribution in [2.75, 3.05) is 20.2 Å². The molecule has 116 valence electrons. The fraction of sp³-hybridized carbons (Fsp3) is 0.438. The number of rotatable bonds is 3. The van der Waals surface area contributed by atoms with E-state index in [0.717, 1.165) is 30.1 Å². The summed E-state index contributed by atoms with van der Waals surface area (Å²) in [7, 11) is 1.59. The number of amides is 1. The topological polar surface area (TPSA) is 55.3 Å². The lowest BCUT2D eigenvalue weighted by Gasteiger charge is -2.31. The Morgan fingerprint density at radius 1 is 1.50 bits per heavy atom. The molecule has 2 aromatic rings. The van der Waals surface area contributed by atoms with Gasteiger partial charge in [-0.05, 0) is 25.8 Å². The average Bonchev–Trinajstić information content (AvgIpc) is 3.01. The van der Waals surface area contributed by atoms with E-state index in [1.807, 2.05) is 11.8 Å². The summed E-state index contributed by atoms with van der Waals surface area (Å²) in [5.74, 6) is 0.960. The highest BCUT2D eigenvalue weighted by Gasteiger charge is 2.27. The van der Waals surface area contributed by atoms with E-state index in [2.05, 4.69) is 15.3 Å². The lowest BCUT2D eigenvalue weighted by molar-refractivity contribution is 0.0700. The Hall–Kier alpha value is -1.95. The van der Waals surface area contributed by atoms with Gasteiger partial charge in [-0.1, -0.05) is 0 Å². The van der Waals surface area contributed by atoms with Crippen LogP contribution in [0.1, 0.15) is 39.9 Å². The van der Waals surface area contributed by atoms with Crippen LogP contribution >= 0.6 is 11.3 Å². The minimum atomic E-state index is -0.0307. The van der Waals surface area contributed by atoms with Crippen LogP contribution in [0.2, 0.25) is 0 Å². The number of aromatic nitrogens is 2. The van der Waals surface area contributed by atoms with E-state index in [1.54, 1.807) is 36.8 Å². The van der Waals surface area contributed by atoms with Crippen molar-refractivity contribution >= 4 is 17.2 Å². The fourth-order valence-electron chi connectivity index (χ4n) is 2.74. The van der Waals surface area contributed by atoms with E-state index >= 15 is 0 Å². The second kappa shape index (κ2) is 6.44. The quantitative estimate of drug-likeness (QED) is 0.873. The first-order valence-corrected chi connectivity index (χ1v) is 8.26. The summed E-state index contributed by atoms with van der Waals surface area (Å²) in [4.78, 5) is 23.3. The summed E-state index contributed by atoms with van der Waals surface area (Å²) in [6.07, 6.45) is 3.69. The van der Waals surface area contributed by atoms with Crippen LogP contribution in [0.5, 0.6) is 5.75 Å². The minimum Gasteiger partial charge on any atom is -0.497 e. The molecule has 0 aliphatic carbocycles. The molecule has 0 radical (unpaired) electrons. The summed E-state index contributed by atoms with van der Waals surface area (Å²) in [6, 6.07) is 3.44. The van der Waals surface area contributed by atoms with E-state index in [1.165, 1.54) is 0 Å². The largest absolute Gasteiger partial charge is 0.497 e. The number of hydrogen-bond donors (Lipinski definition) is 0.